The summed E-state index contributed by atoms with van der Waals surface area (Å²) in [5, 5.41) is 2.22. The summed E-state index contributed by atoms with van der Waals surface area (Å²) in [6, 6.07) is 4.08. The summed E-state index contributed by atoms with van der Waals surface area (Å²) >= 11 is 2.95. The smallest absolute Gasteiger partial charge is 0.305 e. The van der Waals surface area contributed by atoms with Crippen LogP contribution in [0.15, 0.2) is 22.7 Å². The molecule has 1 aromatic rings. The minimum Gasteiger partial charge on any atom is -0.305 e. The molecule has 84 valence electrons. The summed E-state index contributed by atoms with van der Waals surface area (Å²) in [5.41, 5.74) is 0.590. The normalized spacial score (nSPS) is 11.8. The average molecular weight is 286 g/mol. The minimum absolute atomic E-state index is 0.0540. The number of hydrogen-bond donors (Lipinski definition) is 1. The van der Waals surface area contributed by atoms with E-state index in [1.54, 1.807) is 0 Å². The van der Waals surface area contributed by atoms with Crippen LogP contribution in [-0.4, -0.2) is 12.7 Å². The molecule has 15 heavy (non-hydrogen) atoms. The highest BCUT2D eigenvalue weighted by molar-refractivity contribution is 9.10. The van der Waals surface area contributed by atoms with Crippen LogP contribution in [0.5, 0.6) is 0 Å². The minimum atomic E-state index is -4.22. The van der Waals surface area contributed by atoms with Crippen molar-refractivity contribution in [1.29, 1.82) is 0 Å². The molecule has 0 radical (unpaired) electrons. The van der Waals surface area contributed by atoms with Gasteiger partial charge in [-0.1, -0.05) is 6.07 Å². The van der Waals surface area contributed by atoms with Gasteiger partial charge in [-0.05, 0) is 33.6 Å². The Kier molecular flexibility index (Phi) is 4.10. The molecule has 0 aliphatic heterocycles. The fraction of sp³-hybridized carbons (Fsp3) is 0.333. The summed E-state index contributed by atoms with van der Waals surface area (Å²) in [7, 11) is 0. The van der Waals surface area contributed by atoms with Crippen molar-refractivity contribution in [2.45, 2.75) is 12.7 Å². The first-order chi connectivity index (χ1) is 6.88. The Balaban J connectivity index is 2.48. The Morgan fingerprint density at radius 1 is 1.27 bits per heavy atom. The van der Waals surface area contributed by atoms with Crippen LogP contribution in [0.2, 0.25) is 0 Å². The van der Waals surface area contributed by atoms with Crippen LogP contribution in [0.3, 0.4) is 0 Å². The first-order valence-corrected chi connectivity index (χ1v) is 4.89. The largest absolute Gasteiger partial charge is 0.401 e. The highest BCUT2D eigenvalue weighted by atomic mass is 79.9. The van der Waals surface area contributed by atoms with Gasteiger partial charge in [-0.15, -0.1) is 0 Å². The van der Waals surface area contributed by atoms with Crippen molar-refractivity contribution >= 4 is 15.9 Å². The van der Waals surface area contributed by atoms with E-state index >= 15 is 0 Å². The van der Waals surface area contributed by atoms with Crippen molar-refractivity contribution < 1.29 is 17.6 Å². The first kappa shape index (κ1) is 12.4. The van der Waals surface area contributed by atoms with Crippen molar-refractivity contribution in [3.05, 3.63) is 34.1 Å². The molecule has 0 saturated heterocycles. The fourth-order valence-corrected chi connectivity index (χ4v) is 1.42. The Morgan fingerprint density at radius 2 is 1.93 bits per heavy atom. The second-order valence-corrected chi connectivity index (χ2v) is 3.82. The molecular formula is C9H8BrF4N. The van der Waals surface area contributed by atoms with E-state index in [0.29, 0.717) is 5.56 Å². The molecule has 1 nitrogen and oxygen atoms in total. The van der Waals surface area contributed by atoms with Crippen LogP contribution < -0.4 is 5.32 Å². The van der Waals surface area contributed by atoms with Crippen molar-refractivity contribution in [2.75, 3.05) is 6.54 Å². The maximum Gasteiger partial charge on any atom is 0.401 e. The third-order valence-corrected chi connectivity index (χ3v) is 2.25. The van der Waals surface area contributed by atoms with Crippen LogP contribution in [0.4, 0.5) is 17.6 Å². The molecule has 0 amide bonds. The Bertz CT molecular complexity index is 337. The van der Waals surface area contributed by atoms with Crippen molar-refractivity contribution in [3.63, 3.8) is 0 Å². The van der Waals surface area contributed by atoms with E-state index < -0.39 is 18.5 Å². The number of alkyl halides is 3. The van der Waals surface area contributed by atoms with Gasteiger partial charge in [0.1, 0.15) is 5.82 Å². The monoisotopic (exact) mass is 285 g/mol. The van der Waals surface area contributed by atoms with Gasteiger partial charge in [-0.2, -0.15) is 13.2 Å². The number of nitrogens with one attached hydrogen (secondary N) is 1. The topological polar surface area (TPSA) is 12.0 Å². The lowest BCUT2D eigenvalue weighted by Gasteiger charge is -2.08. The van der Waals surface area contributed by atoms with E-state index in [9.17, 15) is 17.6 Å². The van der Waals surface area contributed by atoms with Crippen LogP contribution in [0, 0.1) is 5.82 Å². The van der Waals surface area contributed by atoms with Gasteiger partial charge in [0, 0.05) is 6.54 Å². The van der Waals surface area contributed by atoms with Crippen molar-refractivity contribution in [1.82, 2.24) is 5.32 Å². The van der Waals surface area contributed by atoms with Crippen molar-refractivity contribution in [2.24, 2.45) is 0 Å². The zero-order valence-electron chi connectivity index (χ0n) is 7.54. The quantitative estimate of drug-likeness (QED) is 0.841. The average Bonchev–Trinajstić information content (AvgIpc) is 2.09. The fourth-order valence-electron chi connectivity index (χ4n) is 0.998. The molecule has 0 heterocycles. The van der Waals surface area contributed by atoms with Gasteiger partial charge < -0.3 is 5.32 Å². The molecule has 0 aromatic heterocycles. The van der Waals surface area contributed by atoms with E-state index in [2.05, 4.69) is 21.2 Å². The molecule has 6 heteroatoms. The molecular weight excluding hydrogens is 278 g/mol. The highest BCUT2D eigenvalue weighted by Gasteiger charge is 2.25. The Morgan fingerprint density at radius 3 is 2.47 bits per heavy atom. The van der Waals surface area contributed by atoms with Gasteiger partial charge in [0.05, 0.1) is 11.0 Å². The molecule has 0 fully saturated rings. The van der Waals surface area contributed by atoms with E-state index in [0.717, 1.165) is 0 Å². The lowest BCUT2D eigenvalue weighted by molar-refractivity contribution is -0.125. The molecule has 0 atom stereocenters. The molecule has 0 aliphatic rings. The number of rotatable bonds is 3. The van der Waals surface area contributed by atoms with Gasteiger partial charge in [0.25, 0.3) is 0 Å². The third-order valence-electron chi connectivity index (χ3n) is 1.64. The first-order valence-electron chi connectivity index (χ1n) is 4.10. The molecule has 0 aliphatic carbocycles. The van der Waals surface area contributed by atoms with Gasteiger partial charge in [0.2, 0.25) is 0 Å². The van der Waals surface area contributed by atoms with Crippen LogP contribution in [0.25, 0.3) is 0 Å². The Hall–Kier alpha value is -0.620. The molecule has 1 rings (SSSR count). The van der Waals surface area contributed by atoms with E-state index in [4.69, 9.17) is 0 Å². The molecule has 0 unspecified atom stereocenters. The third kappa shape index (κ3) is 4.61. The summed E-state index contributed by atoms with van der Waals surface area (Å²) in [6.45, 7) is -1.000. The summed E-state index contributed by atoms with van der Waals surface area (Å²) in [6.07, 6.45) is -4.22. The summed E-state index contributed by atoms with van der Waals surface area (Å²) < 4.78 is 48.3. The summed E-state index contributed by atoms with van der Waals surface area (Å²) in [4.78, 5) is 0. The highest BCUT2D eigenvalue weighted by Crippen LogP contribution is 2.17. The maximum atomic E-state index is 12.8. The van der Waals surface area contributed by atoms with Gasteiger partial charge in [0.15, 0.2) is 0 Å². The maximum absolute atomic E-state index is 12.8. The second kappa shape index (κ2) is 4.94. The van der Waals surface area contributed by atoms with E-state index in [-0.39, 0.29) is 11.0 Å². The van der Waals surface area contributed by atoms with E-state index in [1.807, 2.05) is 0 Å². The van der Waals surface area contributed by atoms with Crippen molar-refractivity contribution in [3.8, 4) is 0 Å². The number of benzene rings is 1. The van der Waals surface area contributed by atoms with Crippen LogP contribution >= 0.6 is 15.9 Å². The SMILES string of the molecule is Fc1ccc(CNCC(F)(F)F)cc1Br. The molecule has 1 aromatic carbocycles. The zero-order chi connectivity index (χ0) is 11.5. The Labute approximate surface area is 92.6 Å². The molecule has 0 bridgehead atoms. The predicted octanol–water partition coefficient (Wildman–Crippen LogP) is 3.24. The van der Waals surface area contributed by atoms with Gasteiger partial charge in [-0.3, -0.25) is 0 Å². The molecule has 0 spiro atoms. The van der Waals surface area contributed by atoms with Gasteiger partial charge in [-0.25, -0.2) is 4.39 Å². The van der Waals surface area contributed by atoms with Crippen LogP contribution in [0.1, 0.15) is 5.56 Å². The number of halogens is 5. The number of hydrogen-bond acceptors (Lipinski definition) is 1. The zero-order valence-corrected chi connectivity index (χ0v) is 9.12. The van der Waals surface area contributed by atoms with E-state index in [1.165, 1.54) is 18.2 Å². The predicted molar refractivity (Wildman–Crippen MR) is 51.9 cm³/mol. The standard InChI is InChI=1S/C9H8BrF4N/c10-7-3-6(1-2-8(7)11)4-15-5-9(12,13)14/h1-3,15H,4-5H2. The lowest BCUT2D eigenvalue weighted by atomic mass is 10.2. The summed E-state index contributed by atoms with van der Waals surface area (Å²) in [5.74, 6) is -0.436. The molecule has 0 saturated carbocycles. The second-order valence-electron chi connectivity index (χ2n) is 2.97. The van der Waals surface area contributed by atoms with Crippen LogP contribution in [-0.2, 0) is 6.54 Å². The molecule has 1 N–H and O–H groups in total. The lowest BCUT2D eigenvalue weighted by Crippen LogP contribution is -2.28. The van der Waals surface area contributed by atoms with Gasteiger partial charge >= 0.3 is 6.18 Å².